The number of rotatable bonds is 7. The number of benzene rings is 2. The summed E-state index contributed by atoms with van der Waals surface area (Å²) in [5.41, 5.74) is 4.78. The molecule has 0 bridgehead atoms. The molecule has 0 radical (unpaired) electrons. The van der Waals surface area contributed by atoms with Gasteiger partial charge >= 0.3 is 0 Å². The molecular formula is C24H28FN3O2. The van der Waals surface area contributed by atoms with E-state index in [4.69, 9.17) is 14.6 Å². The number of aromatic nitrogens is 2. The van der Waals surface area contributed by atoms with Gasteiger partial charge in [0, 0.05) is 37.0 Å². The number of hydrogen-bond donors (Lipinski definition) is 0. The zero-order valence-corrected chi connectivity index (χ0v) is 17.8. The van der Waals surface area contributed by atoms with E-state index in [0.29, 0.717) is 6.04 Å². The van der Waals surface area contributed by atoms with Gasteiger partial charge in [-0.05, 0) is 56.1 Å². The lowest BCUT2D eigenvalue weighted by atomic mass is 10.1. The van der Waals surface area contributed by atoms with Gasteiger partial charge in [0.15, 0.2) is 11.6 Å². The third-order valence-corrected chi connectivity index (χ3v) is 5.81. The predicted molar refractivity (Wildman–Crippen MR) is 116 cm³/mol. The summed E-state index contributed by atoms with van der Waals surface area (Å²) in [5, 5.41) is 4.87. The van der Waals surface area contributed by atoms with Crippen LogP contribution in [0.4, 0.5) is 4.39 Å². The molecule has 0 N–H and O–H groups in total. The highest BCUT2D eigenvalue weighted by molar-refractivity contribution is 5.64. The van der Waals surface area contributed by atoms with Crippen LogP contribution in [0.3, 0.4) is 0 Å². The molecule has 0 saturated carbocycles. The zero-order chi connectivity index (χ0) is 21.1. The Hall–Kier alpha value is -2.70. The highest BCUT2D eigenvalue weighted by Gasteiger charge is 2.26. The van der Waals surface area contributed by atoms with E-state index in [-0.39, 0.29) is 11.6 Å². The molecule has 0 amide bonds. The van der Waals surface area contributed by atoms with Crippen molar-refractivity contribution in [1.29, 1.82) is 0 Å². The number of nitrogens with zero attached hydrogens (tertiary/aromatic N) is 3. The Morgan fingerprint density at radius 1 is 1.17 bits per heavy atom. The van der Waals surface area contributed by atoms with Crippen LogP contribution in [-0.4, -0.2) is 48.1 Å². The molecule has 30 heavy (non-hydrogen) atoms. The van der Waals surface area contributed by atoms with E-state index in [9.17, 15) is 4.39 Å². The molecule has 1 fully saturated rings. The third-order valence-electron chi connectivity index (χ3n) is 5.81. The van der Waals surface area contributed by atoms with Crippen molar-refractivity contribution in [2.75, 3.05) is 27.4 Å². The van der Waals surface area contributed by atoms with E-state index in [1.807, 2.05) is 28.9 Å². The first kappa shape index (κ1) is 20.6. The van der Waals surface area contributed by atoms with Gasteiger partial charge in [0.25, 0.3) is 0 Å². The fraction of sp³-hybridized carbons (Fsp3) is 0.375. The van der Waals surface area contributed by atoms with Crippen LogP contribution in [-0.2, 0) is 11.3 Å². The number of hydrogen-bond acceptors (Lipinski definition) is 4. The first-order valence-electron chi connectivity index (χ1n) is 10.3. The maximum atomic E-state index is 14.4. The largest absolute Gasteiger partial charge is 0.494 e. The Balaban J connectivity index is 1.75. The van der Waals surface area contributed by atoms with Crippen LogP contribution in [0.25, 0.3) is 16.9 Å². The van der Waals surface area contributed by atoms with Crippen LogP contribution >= 0.6 is 0 Å². The molecule has 0 aliphatic carbocycles. The van der Waals surface area contributed by atoms with E-state index in [1.54, 1.807) is 13.2 Å². The van der Waals surface area contributed by atoms with Crippen LogP contribution in [0.15, 0.2) is 48.7 Å². The number of para-hydroxylation sites is 1. The normalized spacial score (nSPS) is 16.9. The van der Waals surface area contributed by atoms with E-state index < -0.39 is 0 Å². The molecule has 1 atom stereocenters. The van der Waals surface area contributed by atoms with Gasteiger partial charge in [0.1, 0.15) is 0 Å². The fourth-order valence-corrected chi connectivity index (χ4v) is 4.23. The van der Waals surface area contributed by atoms with Crippen LogP contribution in [0.1, 0.15) is 24.0 Å². The molecule has 2 aromatic carbocycles. The van der Waals surface area contributed by atoms with Crippen molar-refractivity contribution in [2.45, 2.75) is 32.4 Å². The van der Waals surface area contributed by atoms with Crippen molar-refractivity contribution >= 4 is 0 Å². The fourth-order valence-electron chi connectivity index (χ4n) is 4.23. The second-order valence-corrected chi connectivity index (χ2v) is 7.81. The maximum absolute atomic E-state index is 14.4. The maximum Gasteiger partial charge on any atom is 0.165 e. The summed E-state index contributed by atoms with van der Waals surface area (Å²) in [7, 11) is 3.22. The molecule has 5 nitrogen and oxygen atoms in total. The van der Waals surface area contributed by atoms with Crippen LogP contribution in [0.5, 0.6) is 5.75 Å². The van der Waals surface area contributed by atoms with Gasteiger partial charge in [0.2, 0.25) is 0 Å². The Labute approximate surface area is 177 Å². The van der Waals surface area contributed by atoms with E-state index in [1.165, 1.54) is 13.2 Å². The van der Waals surface area contributed by atoms with Gasteiger partial charge in [-0.2, -0.15) is 5.10 Å². The number of likely N-dealkylation sites (tertiary alicyclic amines) is 1. The minimum atomic E-state index is -0.384. The van der Waals surface area contributed by atoms with E-state index in [0.717, 1.165) is 60.6 Å². The lowest BCUT2D eigenvalue weighted by Gasteiger charge is -2.23. The summed E-state index contributed by atoms with van der Waals surface area (Å²) in [6.45, 7) is 4.57. The van der Waals surface area contributed by atoms with Crippen molar-refractivity contribution in [1.82, 2.24) is 14.7 Å². The minimum Gasteiger partial charge on any atom is -0.494 e. The van der Waals surface area contributed by atoms with Crippen molar-refractivity contribution < 1.29 is 13.9 Å². The number of aryl methyl sites for hydroxylation is 1. The summed E-state index contributed by atoms with van der Waals surface area (Å²) in [5.74, 6) is -0.150. The van der Waals surface area contributed by atoms with Crippen LogP contribution in [0, 0.1) is 12.7 Å². The molecule has 1 aliphatic heterocycles. The molecule has 1 saturated heterocycles. The lowest BCUT2D eigenvalue weighted by molar-refractivity contribution is 0.112. The average Bonchev–Trinajstić information content (AvgIpc) is 3.36. The molecular weight excluding hydrogens is 381 g/mol. The van der Waals surface area contributed by atoms with Crippen molar-refractivity contribution in [3.8, 4) is 22.7 Å². The van der Waals surface area contributed by atoms with Crippen molar-refractivity contribution in [2.24, 2.45) is 0 Å². The Morgan fingerprint density at radius 3 is 2.73 bits per heavy atom. The first-order valence-corrected chi connectivity index (χ1v) is 10.3. The molecule has 3 aromatic rings. The molecule has 1 aromatic heterocycles. The SMILES string of the molecule is COC[C@H]1CCCN1Cc1cn(-c2ccccc2C)nc1-c1ccc(OC)c(F)c1. The highest BCUT2D eigenvalue weighted by atomic mass is 19.1. The van der Waals surface area contributed by atoms with E-state index in [2.05, 4.69) is 24.1 Å². The Kier molecular flexibility index (Phi) is 6.16. The second-order valence-electron chi connectivity index (χ2n) is 7.81. The van der Waals surface area contributed by atoms with E-state index >= 15 is 0 Å². The number of ether oxygens (including phenoxy) is 2. The summed E-state index contributed by atoms with van der Waals surface area (Å²) in [4.78, 5) is 2.44. The van der Waals surface area contributed by atoms with Gasteiger partial charge < -0.3 is 9.47 Å². The summed E-state index contributed by atoms with van der Waals surface area (Å²) < 4.78 is 26.8. The average molecular weight is 410 g/mol. The monoisotopic (exact) mass is 409 g/mol. The third kappa shape index (κ3) is 4.11. The smallest absolute Gasteiger partial charge is 0.165 e. The van der Waals surface area contributed by atoms with Crippen LogP contribution in [0.2, 0.25) is 0 Å². The molecule has 2 heterocycles. The Morgan fingerprint density at radius 2 is 2.00 bits per heavy atom. The first-order chi connectivity index (χ1) is 14.6. The topological polar surface area (TPSA) is 39.5 Å². The summed E-state index contributed by atoms with van der Waals surface area (Å²) in [6, 6.07) is 13.6. The lowest BCUT2D eigenvalue weighted by Crippen LogP contribution is -2.32. The number of methoxy groups -OCH3 is 2. The molecule has 158 valence electrons. The second kappa shape index (κ2) is 8.98. The summed E-state index contributed by atoms with van der Waals surface area (Å²) in [6.07, 6.45) is 4.36. The summed E-state index contributed by atoms with van der Waals surface area (Å²) >= 11 is 0. The zero-order valence-electron chi connectivity index (χ0n) is 17.8. The number of halogens is 1. The highest BCUT2D eigenvalue weighted by Crippen LogP contribution is 2.31. The molecule has 6 heteroatoms. The van der Waals surface area contributed by atoms with Crippen LogP contribution < -0.4 is 4.74 Å². The van der Waals surface area contributed by atoms with Gasteiger partial charge in [-0.3, -0.25) is 4.90 Å². The molecule has 4 rings (SSSR count). The quantitative estimate of drug-likeness (QED) is 0.572. The van der Waals surface area contributed by atoms with Crippen molar-refractivity contribution in [3.05, 3.63) is 65.6 Å². The minimum absolute atomic E-state index is 0.235. The standard InChI is InChI=1S/C24H28FN3O2/c1-17-7-4-5-9-22(17)28-15-19(14-27-12-6-8-20(27)16-29-2)24(26-28)18-10-11-23(30-3)21(25)13-18/h4-5,7,9-11,13,15,20H,6,8,12,14,16H2,1-3H3/t20-/m1/s1. The van der Waals surface area contributed by atoms with Gasteiger partial charge in [-0.1, -0.05) is 18.2 Å². The predicted octanol–water partition coefficient (Wildman–Crippen LogP) is 4.61. The van der Waals surface area contributed by atoms with Gasteiger partial charge in [-0.15, -0.1) is 0 Å². The molecule has 1 aliphatic rings. The van der Waals surface area contributed by atoms with Gasteiger partial charge in [-0.25, -0.2) is 9.07 Å². The van der Waals surface area contributed by atoms with Crippen molar-refractivity contribution in [3.63, 3.8) is 0 Å². The van der Waals surface area contributed by atoms with Gasteiger partial charge in [0.05, 0.1) is 25.1 Å². The molecule has 0 spiro atoms. The Bertz CT molecular complexity index is 1020. The molecule has 0 unspecified atom stereocenters.